The first-order chi connectivity index (χ1) is 8.11. The lowest BCUT2D eigenvalue weighted by molar-refractivity contribution is 0.103. The van der Waals surface area contributed by atoms with Gasteiger partial charge in [-0.2, -0.15) is 0 Å². The Morgan fingerprint density at radius 1 is 1.35 bits per heavy atom. The van der Waals surface area contributed by atoms with Crippen molar-refractivity contribution >= 4 is 32.1 Å². The average Bonchev–Trinajstić information content (AvgIpc) is 2.84. The van der Waals surface area contributed by atoms with Gasteiger partial charge in [0.2, 0.25) is 0 Å². The van der Waals surface area contributed by atoms with Crippen molar-refractivity contribution in [2.24, 2.45) is 17.6 Å². The minimum Gasteiger partial charge on any atom is -0.387 e. The number of thiophene rings is 2. The number of aliphatic hydroxyl groups excluding tert-OH is 1. The molecule has 0 aliphatic carbocycles. The summed E-state index contributed by atoms with van der Waals surface area (Å²) in [6.07, 6.45) is 0.565. The summed E-state index contributed by atoms with van der Waals surface area (Å²) < 4.78 is 2.54. The molecule has 0 aliphatic rings. The highest BCUT2D eigenvalue weighted by molar-refractivity contribution is 7.26. The first kappa shape index (κ1) is 13.0. The first-order valence-corrected chi connectivity index (χ1v) is 7.66. The van der Waals surface area contributed by atoms with E-state index in [1.54, 1.807) is 22.7 Å². The molecule has 0 radical (unpaired) electrons. The van der Waals surface area contributed by atoms with Crippen molar-refractivity contribution in [3.63, 3.8) is 0 Å². The maximum absolute atomic E-state index is 10.4. The Morgan fingerprint density at radius 2 is 2.12 bits per heavy atom. The van der Waals surface area contributed by atoms with E-state index in [-0.39, 0.29) is 5.92 Å². The normalized spacial score (nSPS) is 15.6. The molecule has 0 bridgehead atoms. The largest absolute Gasteiger partial charge is 0.387 e. The number of hydrogen-bond donors (Lipinski definition) is 2. The summed E-state index contributed by atoms with van der Waals surface area (Å²) in [5.74, 6) is 0.738. The molecule has 2 atom stereocenters. The van der Waals surface area contributed by atoms with Crippen LogP contribution in [0.25, 0.3) is 9.40 Å². The van der Waals surface area contributed by atoms with Gasteiger partial charge in [-0.05, 0) is 36.4 Å². The third kappa shape index (κ3) is 2.88. The molecule has 2 nitrogen and oxygen atoms in total. The lowest BCUT2D eigenvalue weighted by atomic mass is 9.91. The zero-order valence-corrected chi connectivity index (χ0v) is 11.9. The summed E-state index contributed by atoms with van der Waals surface area (Å²) in [6.45, 7) is 4.88. The third-order valence-corrected chi connectivity index (χ3v) is 5.14. The fourth-order valence-electron chi connectivity index (χ4n) is 2.12. The van der Waals surface area contributed by atoms with Gasteiger partial charge in [0.1, 0.15) is 0 Å². The Bertz CT molecular complexity index is 446. The Labute approximate surface area is 110 Å². The van der Waals surface area contributed by atoms with Crippen LogP contribution in [0, 0.1) is 11.8 Å². The summed E-state index contributed by atoms with van der Waals surface area (Å²) in [7, 11) is 0. The zero-order valence-electron chi connectivity index (χ0n) is 10.2. The summed E-state index contributed by atoms with van der Waals surface area (Å²) >= 11 is 3.41. The molecule has 0 fully saturated rings. The van der Waals surface area contributed by atoms with E-state index >= 15 is 0 Å². The smallest absolute Gasteiger partial charge is 0.0922 e. The van der Waals surface area contributed by atoms with E-state index in [4.69, 9.17) is 5.73 Å². The van der Waals surface area contributed by atoms with Crippen molar-refractivity contribution in [1.29, 1.82) is 0 Å². The molecule has 2 aromatic rings. The third-order valence-electron chi connectivity index (χ3n) is 2.97. The lowest BCUT2D eigenvalue weighted by Crippen LogP contribution is -2.23. The Kier molecular flexibility index (Phi) is 4.20. The van der Waals surface area contributed by atoms with E-state index in [2.05, 4.69) is 31.4 Å². The topological polar surface area (TPSA) is 46.2 Å². The van der Waals surface area contributed by atoms with Crippen molar-refractivity contribution < 1.29 is 5.11 Å². The maximum atomic E-state index is 10.4. The second-order valence-electron chi connectivity index (χ2n) is 4.87. The van der Waals surface area contributed by atoms with Crippen molar-refractivity contribution in [2.45, 2.75) is 26.4 Å². The molecular weight excluding hydrogens is 250 g/mol. The molecule has 0 saturated heterocycles. The van der Waals surface area contributed by atoms with Gasteiger partial charge in [0.15, 0.2) is 0 Å². The summed E-state index contributed by atoms with van der Waals surface area (Å²) in [6, 6.07) is 4.22. The van der Waals surface area contributed by atoms with Crippen LogP contribution in [-0.4, -0.2) is 11.7 Å². The van der Waals surface area contributed by atoms with Crippen LogP contribution in [0.4, 0.5) is 0 Å². The molecular formula is C13H19NOS2. The maximum Gasteiger partial charge on any atom is 0.0922 e. The van der Waals surface area contributed by atoms with E-state index in [1.165, 1.54) is 9.40 Å². The average molecular weight is 269 g/mol. The molecule has 0 aliphatic heterocycles. The van der Waals surface area contributed by atoms with Gasteiger partial charge >= 0.3 is 0 Å². The molecule has 17 heavy (non-hydrogen) atoms. The molecule has 0 saturated carbocycles. The summed E-state index contributed by atoms with van der Waals surface area (Å²) in [5.41, 5.74) is 5.78. The van der Waals surface area contributed by atoms with Crippen LogP contribution in [0.2, 0.25) is 0 Å². The van der Waals surface area contributed by atoms with Crippen molar-refractivity contribution in [3.05, 3.63) is 22.4 Å². The molecule has 2 rings (SSSR count). The molecule has 0 amide bonds. The minimum absolute atomic E-state index is 0.169. The summed E-state index contributed by atoms with van der Waals surface area (Å²) in [4.78, 5) is 1.06. The Balaban J connectivity index is 2.17. The SMILES string of the molecule is CC(C)CC(CN)C(O)c1cc2sccc2s1. The Morgan fingerprint density at radius 3 is 2.71 bits per heavy atom. The van der Waals surface area contributed by atoms with E-state index in [0.717, 1.165) is 11.3 Å². The van der Waals surface area contributed by atoms with Gasteiger partial charge in [0, 0.05) is 20.2 Å². The van der Waals surface area contributed by atoms with Crippen LogP contribution in [0.3, 0.4) is 0 Å². The second kappa shape index (κ2) is 5.48. The van der Waals surface area contributed by atoms with Crippen molar-refractivity contribution in [3.8, 4) is 0 Å². The standard InChI is InChI=1S/C13H19NOS2/c1-8(2)5-9(7-14)13(15)12-6-11-10(17-12)3-4-16-11/h3-4,6,8-9,13,15H,5,7,14H2,1-2H3. The highest BCUT2D eigenvalue weighted by Gasteiger charge is 2.22. The van der Waals surface area contributed by atoms with E-state index in [1.807, 2.05) is 0 Å². The zero-order chi connectivity index (χ0) is 12.4. The summed E-state index contributed by atoms with van der Waals surface area (Å²) in [5, 5.41) is 12.5. The molecule has 3 N–H and O–H groups in total. The van der Waals surface area contributed by atoms with E-state index in [0.29, 0.717) is 12.5 Å². The molecule has 0 aromatic carbocycles. The molecule has 2 aromatic heterocycles. The van der Waals surface area contributed by atoms with Gasteiger partial charge in [0.05, 0.1) is 6.10 Å². The Hall–Kier alpha value is -0.420. The second-order valence-corrected chi connectivity index (χ2v) is 6.93. The van der Waals surface area contributed by atoms with Gasteiger partial charge in [-0.15, -0.1) is 22.7 Å². The van der Waals surface area contributed by atoms with Gasteiger partial charge in [-0.3, -0.25) is 0 Å². The number of hydrogen-bond acceptors (Lipinski definition) is 4. The van der Waals surface area contributed by atoms with Crippen LogP contribution in [0.15, 0.2) is 17.5 Å². The van der Waals surface area contributed by atoms with Crippen LogP contribution in [0.5, 0.6) is 0 Å². The lowest BCUT2D eigenvalue weighted by Gasteiger charge is -2.22. The fourth-order valence-corrected chi connectivity index (χ4v) is 4.32. The molecule has 0 spiro atoms. The number of fused-ring (bicyclic) bond motifs is 1. The van der Waals surface area contributed by atoms with E-state index in [9.17, 15) is 5.11 Å². The van der Waals surface area contributed by atoms with Gasteiger partial charge < -0.3 is 10.8 Å². The molecule has 2 unspecified atom stereocenters. The van der Waals surface area contributed by atoms with Gasteiger partial charge in [0.25, 0.3) is 0 Å². The number of nitrogens with two attached hydrogens (primary N) is 1. The quantitative estimate of drug-likeness (QED) is 0.871. The predicted octanol–water partition coefficient (Wildman–Crippen LogP) is 3.62. The van der Waals surface area contributed by atoms with Gasteiger partial charge in [-0.25, -0.2) is 0 Å². The van der Waals surface area contributed by atoms with E-state index < -0.39 is 6.10 Å². The number of rotatable bonds is 5. The minimum atomic E-state index is -0.410. The molecule has 2 heterocycles. The first-order valence-electron chi connectivity index (χ1n) is 5.97. The highest BCUT2D eigenvalue weighted by atomic mass is 32.1. The fraction of sp³-hybridized carbons (Fsp3) is 0.538. The van der Waals surface area contributed by atoms with Crippen molar-refractivity contribution in [2.75, 3.05) is 6.54 Å². The highest BCUT2D eigenvalue weighted by Crippen LogP contribution is 2.37. The molecule has 94 valence electrons. The van der Waals surface area contributed by atoms with Crippen LogP contribution in [-0.2, 0) is 0 Å². The van der Waals surface area contributed by atoms with Crippen LogP contribution < -0.4 is 5.73 Å². The predicted molar refractivity (Wildman–Crippen MR) is 76.7 cm³/mol. The number of aliphatic hydroxyl groups is 1. The monoisotopic (exact) mass is 269 g/mol. The van der Waals surface area contributed by atoms with Gasteiger partial charge in [-0.1, -0.05) is 13.8 Å². The van der Waals surface area contributed by atoms with Crippen LogP contribution >= 0.6 is 22.7 Å². The van der Waals surface area contributed by atoms with Crippen molar-refractivity contribution in [1.82, 2.24) is 0 Å². The molecule has 4 heteroatoms. The van der Waals surface area contributed by atoms with Crippen LogP contribution in [0.1, 0.15) is 31.2 Å².